The number of carbonyl (C=O) groups excluding carboxylic acids is 2. The molecule has 0 aliphatic carbocycles. The molecular formula is C23H26N2O3S. The Kier molecular flexibility index (Phi) is 6.21. The quantitative estimate of drug-likeness (QED) is 0.724. The van der Waals surface area contributed by atoms with Gasteiger partial charge in [0.05, 0.1) is 0 Å². The molecule has 152 valence electrons. The van der Waals surface area contributed by atoms with Crippen LogP contribution in [0.25, 0.3) is 11.1 Å². The topological polar surface area (TPSA) is 49.9 Å². The van der Waals surface area contributed by atoms with Gasteiger partial charge >= 0.3 is 0 Å². The molecule has 2 amide bonds. The van der Waals surface area contributed by atoms with Gasteiger partial charge < -0.3 is 14.5 Å². The van der Waals surface area contributed by atoms with Crippen LogP contribution in [0.1, 0.15) is 23.2 Å². The van der Waals surface area contributed by atoms with E-state index in [1.165, 1.54) is 4.90 Å². The highest BCUT2D eigenvalue weighted by molar-refractivity contribution is 7.98. The maximum Gasteiger partial charge on any atom is 0.253 e. The van der Waals surface area contributed by atoms with Crippen LogP contribution < -0.4 is 0 Å². The molecule has 2 aromatic carbocycles. The van der Waals surface area contributed by atoms with Crippen molar-refractivity contribution in [3.8, 4) is 11.1 Å². The summed E-state index contributed by atoms with van der Waals surface area (Å²) in [5.41, 5.74) is 2.93. The summed E-state index contributed by atoms with van der Waals surface area (Å²) >= 11 is 1.72. The van der Waals surface area contributed by atoms with Crippen molar-refractivity contribution in [2.75, 3.05) is 39.0 Å². The second kappa shape index (κ2) is 9.01. The minimum Gasteiger partial charge on any atom is -0.368 e. The third kappa shape index (κ3) is 4.49. The van der Waals surface area contributed by atoms with E-state index in [1.807, 2.05) is 34.1 Å². The van der Waals surface area contributed by atoms with Crippen LogP contribution in [0.4, 0.5) is 0 Å². The van der Waals surface area contributed by atoms with Gasteiger partial charge in [-0.15, -0.1) is 11.8 Å². The molecule has 0 unspecified atom stereocenters. The second-order valence-electron chi connectivity index (χ2n) is 7.42. The highest BCUT2D eigenvalue weighted by Crippen LogP contribution is 2.24. The fraction of sp³-hybridized carbons (Fsp3) is 0.391. The molecule has 2 saturated heterocycles. The first-order chi connectivity index (χ1) is 14.2. The van der Waals surface area contributed by atoms with Crippen LogP contribution in [-0.4, -0.2) is 66.8 Å². The molecule has 29 heavy (non-hydrogen) atoms. The average Bonchev–Trinajstić information content (AvgIpc) is 3.33. The van der Waals surface area contributed by atoms with E-state index in [-0.39, 0.29) is 17.9 Å². The number of amides is 2. The Balaban J connectivity index is 1.35. The predicted molar refractivity (Wildman–Crippen MR) is 115 cm³/mol. The van der Waals surface area contributed by atoms with E-state index in [9.17, 15) is 9.59 Å². The summed E-state index contributed by atoms with van der Waals surface area (Å²) in [7, 11) is 0. The molecule has 0 N–H and O–H groups in total. The number of carbonyl (C=O) groups is 2. The standard InChI is InChI=1S/C23H26N2O3S/c1-29-20-10-8-18(9-11-20)17-4-6-19(7-5-17)22(26)24-12-14-25(15-13-24)23(27)21-3-2-16-28-21/h4-11,21H,2-3,12-16H2,1H3/t21-/m0/s1. The first-order valence-electron chi connectivity index (χ1n) is 10.1. The van der Waals surface area contributed by atoms with Gasteiger partial charge in [0.2, 0.25) is 0 Å². The molecule has 5 nitrogen and oxygen atoms in total. The van der Waals surface area contributed by atoms with Gasteiger partial charge in [0.25, 0.3) is 11.8 Å². The maximum atomic E-state index is 12.9. The molecule has 2 aliphatic rings. The fourth-order valence-electron chi connectivity index (χ4n) is 3.88. The van der Waals surface area contributed by atoms with Crippen molar-refractivity contribution in [3.63, 3.8) is 0 Å². The highest BCUT2D eigenvalue weighted by atomic mass is 32.2. The molecule has 0 spiro atoms. The van der Waals surface area contributed by atoms with Crippen LogP contribution in [0.15, 0.2) is 53.4 Å². The van der Waals surface area contributed by atoms with Gasteiger partial charge in [0.1, 0.15) is 6.10 Å². The lowest BCUT2D eigenvalue weighted by atomic mass is 10.0. The van der Waals surface area contributed by atoms with Crippen molar-refractivity contribution in [2.24, 2.45) is 0 Å². The van der Waals surface area contributed by atoms with E-state index < -0.39 is 0 Å². The summed E-state index contributed by atoms with van der Waals surface area (Å²) < 4.78 is 5.50. The number of thioether (sulfide) groups is 1. The Morgan fingerprint density at radius 1 is 0.897 bits per heavy atom. The molecule has 4 rings (SSSR count). The minimum atomic E-state index is -0.283. The van der Waals surface area contributed by atoms with Gasteiger partial charge in [-0.05, 0) is 54.5 Å². The molecule has 6 heteroatoms. The third-order valence-electron chi connectivity index (χ3n) is 5.64. The summed E-state index contributed by atoms with van der Waals surface area (Å²) in [5, 5.41) is 0. The van der Waals surface area contributed by atoms with Crippen LogP contribution in [0.5, 0.6) is 0 Å². The van der Waals surface area contributed by atoms with Crippen LogP contribution in [0, 0.1) is 0 Å². The van der Waals surface area contributed by atoms with E-state index in [0.29, 0.717) is 38.3 Å². The maximum absolute atomic E-state index is 12.9. The number of ether oxygens (including phenoxy) is 1. The average molecular weight is 411 g/mol. The van der Waals surface area contributed by atoms with Crippen molar-refractivity contribution in [3.05, 3.63) is 54.1 Å². The van der Waals surface area contributed by atoms with E-state index >= 15 is 0 Å². The van der Waals surface area contributed by atoms with Crippen molar-refractivity contribution in [1.82, 2.24) is 9.80 Å². The first kappa shape index (κ1) is 20.0. The molecule has 2 aromatic rings. The highest BCUT2D eigenvalue weighted by Gasteiger charge is 2.31. The number of hydrogen-bond acceptors (Lipinski definition) is 4. The molecule has 0 bridgehead atoms. The SMILES string of the molecule is CSc1ccc(-c2ccc(C(=O)N3CCN(C(=O)[C@@H]4CCCO4)CC3)cc2)cc1. The zero-order valence-electron chi connectivity index (χ0n) is 16.7. The van der Waals surface area contributed by atoms with Gasteiger partial charge in [-0.25, -0.2) is 0 Å². The summed E-state index contributed by atoms with van der Waals surface area (Å²) in [6, 6.07) is 16.2. The zero-order chi connectivity index (χ0) is 20.2. The molecule has 0 aromatic heterocycles. The van der Waals surface area contributed by atoms with Gasteiger partial charge in [-0.2, -0.15) is 0 Å². The van der Waals surface area contributed by atoms with Crippen LogP contribution >= 0.6 is 11.8 Å². The van der Waals surface area contributed by atoms with Gasteiger partial charge in [-0.1, -0.05) is 24.3 Å². The van der Waals surface area contributed by atoms with Crippen LogP contribution in [0.3, 0.4) is 0 Å². The lowest BCUT2D eigenvalue weighted by Gasteiger charge is -2.35. The largest absolute Gasteiger partial charge is 0.368 e. The minimum absolute atomic E-state index is 0.0264. The normalized spacial score (nSPS) is 19.4. The van der Waals surface area contributed by atoms with Crippen molar-refractivity contribution in [1.29, 1.82) is 0 Å². The van der Waals surface area contributed by atoms with Crippen molar-refractivity contribution >= 4 is 23.6 Å². The van der Waals surface area contributed by atoms with Gasteiger partial charge in [0, 0.05) is 43.2 Å². The monoisotopic (exact) mass is 410 g/mol. The fourth-order valence-corrected chi connectivity index (χ4v) is 4.29. The molecule has 2 heterocycles. The first-order valence-corrected chi connectivity index (χ1v) is 11.3. The Bertz CT molecular complexity index is 853. The van der Waals surface area contributed by atoms with Gasteiger partial charge in [-0.3, -0.25) is 9.59 Å². The van der Waals surface area contributed by atoms with E-state index in [1.54, 1.807) is 11.8 Å². The van der Waals surface area contributed by atoms with Crippen LogP contribution in [-0.2, 0) is 9.53 Å². The molecule has 0 radical (unpaired) electrons. The number of benzene rings is 2. The second-order valence-corrected chi connectivity index (χ2v) is 8.30. The third-order valence-corrected chi connectivity index (χ3v) is 6.38. The zero-order valence-corrected chi connectivity index (χ0v) is 17.5. The van der Waals surface area contributed by atoms with Crippen molar-refractivity contribution < 1.29 is 14.3 Å². The smallest absolute Gasteiger partial charge is 0.253 e. The Hall–Kier alpha value is -2.31. The number of hydrogen-bond donors (Lipinski definition) is 0. The summed E-state index contributed by atoms with van der Waals surface area (Å²) in [5.74, 6) is 0.102. The summed E-state index contributed by atoms with van der Waals surface area (Å²) in [6.07, 6.45) is 3.54. The van der Waals surface area contributed by atoms with E-state index in [2.05, 4.69) is 30.5 Å². The number of rotatable bonds is 4. The molecular weight excluding hydrogens is 384 g/mol. The molecule has 0 saturated carbocycles. The van der Waals surface area contributed by atoms with Crippen molar-refractivity contribution in [2.45, 2.75) is 23.8 Å². The molecule has 1 atom stereocenters. The van der Waals surface area contributed by atoms with Gasteiger partial charge in [0.15, 0.2) is 0 Å². The lowest BCUT2D eigenvalue weighted by molar-refractivity contribution is -0.142. The molecule has 2 aliphatic heterocycles. The number of nitrogens with zero attached hydrogens (tertiary/aromatic N) is 2. The van der Waals surface area contributed by atoms with E-state index in [0.717, 1.165) is 24.0 Å². The number of piperazine rings is 1. The summed E-state index contributed by atoms with van der Waals surface area (Å²) in [6.45, 7) is 2.95. The predicted octanol–water partition coefficient (Wildman–Crippen LogP) is 3.54. The lowest BCUT2D eigenvalue weighted by Crippen LogP contribution is -2.52. The van der Waals surface area contributed by atoms with Crippen LogP contribution in [0.2, 0.25) is 0 Å². The Labute approximate surface area is 176 Å². The Morgan fingerprint density at radius 2 is 1.48 bits per heavy atom. The summed E-state index contributed by atoms with van der Waals surface area (Å²) in [4.78, 5) is 30.2. The molecule has 2 fully saturated rings. The van der Waals surface area contributed by atoms with E-state index in [4.69, 9.17) is 4.74 Å². The Morgan fingerprint density at radius 3 is 2.03 bits per heavy atom.